The van der Waals surface area contributed by atoms with Crippen LogP contribution in [0.3, 0.4) is 0 Å². The van der Waals surface area contributed by atoms with E-state index >= 15 is 0 Å². The molecule has 0 aliphatic carbocycles. The zero-order chi connectivity index (χ0) is 20.1. The molecule has 2 atom stereocenters. The minimum Gasteiger partial charge on any atom is -0.493 e. The van der Waals surface area contributed by atoms with Gasteiger partial charge in [-0.15, -0.1) is 0 Å². The predicted octanol–water partition coefficient (Wildman–Crippen LogP) is 2.49. The fourth-order valence-electron chi connectivity index (χ4n) is 3.24. The highest BCUT2D eigenvalue weighted by atomic mass is 32.2. The summed E-state index contributed by atoms with van der Waals surface area (Å²) in [6.45, 7) is 0. The van der Waals surface area contributed by atoms with Crippen LogP contribution in [0.2, 0.25) is 0 Å². The molecule has 2 aromatic carbocycles. The van der Waals surface area contributed by atoms with Crippen LogP contribution in [-0.2, 0) is 22.4 Å². The van der Waals surface area contributed by atoms with Crippen molar-refractivity contribution in [2.45, 2.75) is 29.8 Å². The van der Waals surface area contributed by atoms with E-state index in [2.05, 4.69) is 5.32 Å². The first kappa shape index (κ1) is 20.2. The topological polar surface area (TPSA) is 67.9 Å². The number of nitrogens with zero attached hydrogens (tertiary/aromatic N) is 1. The molecule has 3 rings (SSSR count). The molecule has 6 nitrogen and oxygen atoms in total. The van der Waals surface area contributed by atoms with Gasteiger partial charge < -0.3 is 19.6 Å². The lowest BCUT2D eigenvalue weighted by atomic mass is 10.0. The number of likely N-dealkylation sites (N-methyl/N-ethyl adjacent to an activating group) is 1. The van der Waals surface area contributed by atoms with E-state index in [-0.39, 0.29) is 11.9 Å². The average Bonchev–Trinajstić information content (AvgIpc) is 2.72. The zero-order valence-electron chi connectivity index (χ0n) is 16.2. The molecule has 0 bridgehead atoms. The number of hydrogen-bond acceptors (Lipinski definition) is 6. The summed E-state index contributed by atoms with van der Waals surface area (Å²) in [6, 6.07) is 12.6. The summed E-state index contributed by atoms with van der Waals surface area (Å²) in [5.41, 5.74) is 2.03. The van der Waals surface area contributed by atoms with Crippen molar-refractivity contribution in [1.29, 1.82) is 0 Å². The Morgan fingerprint density at radius 3 is 2.57 bits per heavy atom. The van der Waals surface area contributed by atoms with E-state index in [4.69, 9.17) is 9.47 Å². The van der Waals surface area contributed by atoms with Crippen LogP contribution in [0.25, 0.3) is 0 Å². The van der Waals surface area contributed by atoms with Crippen LogP contribution in [0.1, 0.15) is 11.1 Å². The van der Waals surface area contributed by atoms with Crippen molar-refractivity contribution in [2.75, 3.05) is 21.3 Å². The summed E-state index contributed by atoms with van der Waals surface area (Å²) in [7, 11) is 5.07. The number of ether oxygens (including phenoxy) is 2. The quantitative estimate of drug-likeness (QED) is 0.569. The van der Waals surface area contributed by atoms with Gasteiger partial charge in [0.2, 0.25) is 5.91 Å². The van der Waals surface area contributed by atoms with Gasteiger partial charge in [-0.05, 0) is 55.1 Å². The standard InChI is InChI=1S/C21H24N2O4S/c1-23-17(10-15-11-18(26-2)19(27-3)12-20(15)28-23)21(25)22-16(13-24)9-14-7-5-4-6-8-14/h4-8,11-13,16-17H,9-10H2,1-3H3,(H,22,25)/t16-,17?/m0/s1. The lowest BCUT2D eigenvalue weighted by Crippen LogP contribution is -2.49. The highest BCUT2D eigenvalue weighted by Gasteiger charge is 2.32. The second kappa shape index (κ2) is 9.12. The maximum atomic E-state index is 12.9. The molecule has 1 amide bonds. The third-order valence-corrected chi connectivity index (χ3v) is 5.87. The summed E-state index contributed by atoms with van der Waals surface area (Å²) >= 11 is 1.48. The van der Waals surface area contributed by atoms with Gasteiger partial charge in [0.05, 0.1) is 20.3 Å². The van der Waals surface area contributed by atoms with E-state index in [0.29, 0.717) is 24.3 Å². The van der Waals surface area contributed by atoms with Crippen molar-refractivity contribution in [1.82, 2.24) is 9.62 Å². The summed E-state index contributed by atoms with van der Waals surface area (Å²) in [5.74, 6) is 1.14. The summed E-state index contributed by atoms with van der Waals surface area (Å²) < 4.78 is 12.6. The summed E-state index contributed by atoms with van der Waals surface area (Å²) in [4.78, 5) is 25.4. The number of aldehydes is 1. The van der Waals surface area contributed by atoms with Crippen molar-refractivity contribution in [3.63, 3.8) is 0 Å². The molecule has 1 aliphatic heterocycles. The van der Waals surface area contributed by atoms with Crippen LogP contribution in [-0.4, -0.2) is 49.8 Å². The highest BCUT2D eigenvalue weighted by Crippen LogP contribution is 2.40. The average molecular weight is 401 g/mol. The Labute approximate surface area is 169 Å². The molecule has 0 saturated heterocycles. The first-order chi connectivity index (χ1) is 13.5. The lowest BCUT2D eigenvalue weighted by Gasteiger charge is -2.33. The van der Waals surface area contributed by atoms with Gasteiger partial charge in [0.15, 0.2) is 11.5 Å². The van der Waals surface area contributed by atoms with Gasteiger partial charge in [-0.3, -0.25) is 4.79 Å². The van der Waals surface area contributed by atoms with Crippen molar-refractivity contribution in [2.24, 2.45) is 0 Å². The van der Waals surface area contributed by atoms with E-state index in [0.717, 1.165) is 22.3 Å². The molecule has 148 valence electrons. The number of fused-ring (bicyclic) bond motifs is 1. The molecule has 0 radical (unpaired) electrons. The van der Waals surface area contributed by atoms with Crippen molar-refractivity contribution in [3.8, 4) is 11.5 Å². The Morgan fingerprint density at radius 2 is 1.93 bits per heavy atom. The molecular weight excluding hydrogens is 376 g/mol. The van der Waals surface area contributed by atoms with Crippen molar-refractivity contribution >= 4 is 24.1 Å². The first-order valence-corrected chi connectivity index (χ1v) is 9.78. The van der Waals surface area contributed by atoms with Crippen LogP contribution >= 0.6 is 11.9 Å². The molecule has 0 aromatic heterocycles. The molecule has 2 aromatic rings. The molecule has 0 spiro atoms. The van der Waals surface area contributed by atoms with Gasteiger partial charge >= 0.3 is 0 Å². The van der Waals surface area contributed by atoms with Gasteiger partial charge in [-0.25, -0.2) is 4.31 Å². The smallest absolute Gasteiger partial charge is 0.239 e. The van der Waals surface area contributed by atoms with Crippen LogP contribution in [0.15, 0.2) is 47.4 Å². The molecule has 0 saturated carbocycles. The molecule has 0 fully saturated rings. The summed E-state index contributed by atoms with van der Waals surface area (Å²) in [5, 5.41) is 2.88. The molecular formula is C21H24N2O4S. The number of rotatable bonds is 7. The monoisotopic (exact) mass is 400 g/mol. The van der Waals surface area contributed by atoms with E-state index in [1.54, 1.807) is 14.2 Å². The molecule has 7 heteroatoms. The summed E-state index contributed by atoms with van der Waals surface area (Å²) in [6.07, 6.45) is 1.80. The Kier molecular flexibility index (Phi) is 6.59. The minimum absolute atomic E-state index is 0.163. The molecule has 1 aliphatic rings. The number of amides is 1. The second-order valence-corrected chi connectivity index (χ2v) is 7.81. The van der Waals surface area contributed by atoms with Gasteiger partial charge in [-0.2, -0.15) is 0 Å². The number of methoxy groups -OCH3 is 2. The number of carbonyl (C=O) groups is 2. The molecule has 1 N–H and O–H groups in total. The lowest BCUT2D eigenvalue weighted by molar-refractivity contribution is -0.127. The van der Waals surface area contributed by atoms with Crippen LogP contribution < -0.4 is 14.8 Å². The number of hydrogen-bond donors (Lipinski definition) is 1. The first-order valence-electron chi connectivity index (χ1n) is 9.01. The number of carbonyl (C=O) groups excluding carboxylic acids is 2. The van der Waals surface area contributed by atoms with E-state index < -0.39 is 6.04 Å². The van der Waals surface area contributed by atoms with E-state index in [9.17, 15) is 9.59 Å². The van der Waals surface area contributed by atoms with E-state index in [1.165, 1.54) is 11.9 Å². The van der Waals surface area contributed by atoms with Crippen LogP contribution in [0.5, 0.6) is 11.5 Å². The Hall–Kier alpha value is -2.51. The maximum absolute atomic E-state index is 12.9. The zero-order valence-corrected chi connectivity index (χ0v) is 17.0. The van der Waals surface area contributed by atoms with Crippen molar-refractivity contribution < 1.29 is 19.1 Å². The predicted molar refractivity (Wildman–Crippen MR) is 109 cm³/mol. The maximum Gasteiger partial charge on any atom is 0.239 e. The van der Waals surface area contributed by atoms with Gasteiger partial charge in [-0.1, -0.05) is 30.3 Å². The van der Waals surface area contributed by atoms with Gasteiger partial charge in [0.25, 0.3) is 0 Å². The largest absolute Gasteiger partial charge is 0.493 e. The van der Waals surface area contributed by atoms with Crippen LogP contribution in [0, 0.1) is 0 Å². The van der Waals surface area contributed by atoms with Crippen molar-refractivity contribution in [3.05, 3.63) is 53.6 Å². The number of benzene rings is 2. The number of nitrogens with one attached hydrogen (secondary N) is 1. The molecule has 1 heterocycles. The third-order valence-electron chi connectivity index (χ3n) is 4.75. The third kappa shape index (κ3) is 4.48. The van der Waals surface area contributed by atoms with Crippen LogP contribution in [0.4, 0.5) is 0 Å². The highest BCUT2D eigenvalue weighted by molar-refractivity contribution is 7.97. The fraction of sp³-hybridized carbons (Fsp3) is 0.333. The molecule has 1 unspecified atom stereocenters. The fourth-order valence-corrected chi connectivity index (χ4v) is 4.27. The molecule has 28 heavy (non-hydrogen) atoms. The second-order valence-electron chi connectivity index (χ2n) is 6.61. The normalized spacial score (nSPS) is 17.3. The minimum atomic E-state index is -0.555. The Bertz CT molecular complexity index is 844. The van der Waals surface area contributed by atoms with Gasteiger partial charge in [0.1, 0.15) is 12.3 Å². The Balaban J connectivity index is 1.73. The Morgan fingerprint density at radius 1 is 1.25 bits per heavy atom. The SMILES string of the molecule is COc1cc2c(cc1OC)SN(C)C(C(=O)N[C@H](C=O)Cc1ccccc1)C2. The van der Waals surface area contributed by atoms with E-state index in [1.807, 2.05) is 53.8 Å². The van der Waals surface area contributed by atoms with Gasteiger partial charge in [0, 0.05) is 4.90 Å².